The van der Waals surface area contributed by atoms with Gasteiger partial charge in [-0.05, 0) is 50.1 Å². The number of para-hydroxylation sites is 2. The summed E-state index contributed by atoms with van der Waals surface area (Å²) in [5.74, 6) is 0.621. The Bertz CT molecular complexity index is 820. The second-order valence-electron chi connectivity index (χ2n) is 7.75. The number of rotatable bonds is 10. The second kappa shape index (κ2) is 11.7. The highest BCUT2D eigenvalue weighted by Gasteiger charge is 2.34. The number of likely N-dealkylation sites (tertiary alicyclic amines) is 1. The minimum Gasteiger partial charge on any atom is -0.492 e. The zero-order valence-corrected chi connectivity index (χ0v) is 18.0. The van der Waals surface area contributed by atoms with Crippen molar-refractivity contribution in [2.45, 2.75) is 24.9 Å². The summed E-state index contributed by atoms with van der Waals surface area (Å²) in [6, 6.07) is 15.9. The van der Waals surface area contributed by atoms with Gasteiger partial charge in [0.1, 0.15) is 24.6 Å². The normalized spacial score (nSPS) is 19.4. The molecule has 1 unspecified atom stereocenters. The van der Waals surface area contributed by atoms with E-state index in [1.165, 1.54) is 6.07 Å². The van der Waals surface area contributed by atoms with E-state index in [4.69, 9.17) is 14.2 Å². The van der Waals surface area contributed by atoms with E-state index in [9.17, 15) is 9.18 Å². The third-order valence-corrected chi connectivity index (χ3v) is 5.55. The fraction of sp³-hybridized carbons (Fsp3) is 0.458. The molecule has 1 heterocycles. The standard InChI is InChI=1S/C24H31FN2O4/c1-29-24(19-31-22-11-6-5-10-21(22)25)12-7-15-27(16-13-24)18-23(28)26-14-17-30-20-8-3-2-4-9-20/h2-6,8-11H,7,12-19H2,1H3,(H,26,28). The molecule has 2 aromatic rings. The molecule has 6 nitrogen and oxygen atoms in total. The highest BCUT2D eigenvalue weighted by Crippen LogP contribution is 2.28. The smallest absolute Gasteiger partial charge is 0.234 e. The first kappa shape index (κ1) is 23.0. The van der Waals surface area contributed by atoms with Crippen LogP contribution in [0, 0.1) is 5.82 Å². The number of halogens is 1. The van der Waals surface area contributed by atoms with Crippen molar-refractivity contribution in [1.82, 2.24) is 10.2 Å². The van der Waals surface area contributed by atoms with Crippen LogP contribution in [0.2, 0.25) is 0 Å². The summed E-state index contributed by atoms with van der Waals surface area (Å²) in [5.41, 5.74) is -0.489. The number of hydrogen-bond acceptors (Lipinski definition) is 5. The van der Waals surface area contributed by atoms with Gasteiger partial charge < -0.3 is 19.5 Å². The summed E-state index contributed by atoms with van der Waals surface area (Å²) in [7, 11) is 1.67. The molecule has 0 aromatic heterocycles. The van der Waals surface area contributed by atoms with E-state index in [1.54, 1.807) is 25.3 Å². The first-order valence-electron chi connectivity index (χ1n) is 10.7. The maximum atomic E-state index is 13.9. The van der Waals surface area contributed by atoms with Crippen LogP contribution in [-0.2, 0) is 9.53 Å². The fourth-order valence-corrected chi connectivity index (χ4v) is 3.70. The van der Waals surface area contributed by atoms with Gasteiger partial charge in [-0.2, -0.15) is 0 Å². The molecule has 1 aliphatic rings. The zero-order valence-electron chi connectivity index (χ0n) is 18.0. The third-order valence-electron chi connectivity index (χ3n) is 5.55. The molecular formula is C24H31FN2O4. The van der Waals surface area contributed by atoms with Crippen molar-refractivity contribution in [3.63, 3.8) is 0 Å². The summed E-state index contributed by atoms with van der Waals surface area (Å²) in [4.78, 5) is 14.4. The Morgan fingerprint density at radius 1 is 1.06 bits per heavy atom. The summed E-state index contributed by atoms with van der Waals surface area (Å²) in [6.07, 6.45) is 2.38. The Morgan fingerprint density at radius 3 is 2.61 bits per heavy atom. The average molecular weight is 431 g/mol. The van der Waals surface area contributed by atoms with Crippen molar-refractivity contribution in [1.29, 1.82) is 0 Å². The molecule has 1 amide bonds. The molecule has 0 bridgehead atoms. The minimum absolute atomic E-state index is 0.0239. The summed E-state index contributed by atoms with van der Waals surface area (Å²) < 4.78 is 31.0. The minimum atomic E-state index is -0.489. The Balaban J connectivity index is 1.40. The van der Waals surface area contributed by atoms with Crippen LogP contribution < -0.4 is 14.8 Å². The summed E-state index contributed by atoms with van der Waals surface area (Å²) in [6.45, 7) is 3.01. The van der Waals surface area contributed by atoms with Crippen molar-refractivity contribution in [2.24, 2.45) is 0 Å². The Kier molecular flexibility index (Phi) is 8.67. The average Bonchev–Trinajstić information content (AvgIpc) is 3.00. The molecular weight excluding hydrogens is 399 g/mol. The number of hydrogen-bond donors (Lipinski definition) is 1. The lowest BCUT2D eigenvalue weighted by Crippen LogP contribution is -2.41. The predicted octanol–water partition coefficient (Wildman–Crippen LogP) is 3.27. The Morgan fingerprint density at radius 2 is 1.84 bits per heavy atom. The van der Waals surface area contributed by atoms with Crippen molar-refractivity contribution in [2.75, 3.05) is 46.5 Å². The lowest BCUT2D eigenvalue weighted by molar-refractivity contribution is -0.122. The van der Waals surface area contributed by atoms with Crippen LogP contribution in [0.25, 0.3) is 0 Å². The lowest BCUT2D eigenvalue weighted by atomic mass is 9.95. The highest BCUT2D eigenvalue weighted by molar-refractivity contribution is 5.78. The van der Waals surface area contributed by atoms with Gasteiger partial charge in [0.15, 0.2) is 11.6 Å². The van der Waals surface area contributed by atoms with Crippen molar-refractivity contribution < 1.29 is 23.4 Å². The van der Waals surface area contributed by atoms with Crippen LogP contribution in [0.1, 0.15) is 19.3 Å². The predicted molar refractivity (Wildman–Crippen MR) is 117 cm³/mol. The quantitative estimate of drug-likeness (QED) is 0.587. The number of methoxy groups -OCH3 is 1. The van der Waals surface area contributed by atoms with Gasteiger partial charge >= 0.3 is 0 Å². The first-order chi connectivity index (χ1) is 15.1. The van der Waals surface area contributed by atoms with Gasteiger partial charge in [-0.15, -0.1) is 0 Å². The zero-order chi connectivity index (χ0) is 21.9. The van der Waals surface area contributed by atoms with Crippen molar-refractivity contribution in [3.05, 3.63) is 60.4 Å². The molecule has 168 valence electrons. The maximum absolute atomic E-state index is 13.9. The van der Waals surface area contributed by atoms with Gasteiger partial charge in [0.25, 0.3) is 0 Å². The van der Waals surface area contributed by atoms with Gasteiger partial charge in [0.2, 0.25) is 5.91 Å². The first-order valence-corrected chi connectivity index (χ1v) is 10.7. The van der Waals surface area contributed by atoms with Gasteiger partial charge in [0, 0.05) is 13.7 Å². The van der Waals surface area contributed by atoms with Gasteiger partial charge in [0.05, 0.1) is 13.1 Å². The molecule has 1 fully saturated rings. The summed E-state index contributed by atoms with van der Waals surface area (Å²) >= 11 is 0. The van der Waals surface area contributed by atoms with Crippen LogP contribution in [-0.4, -0.2) is 62.9 Å². The van der Waals surface area contributed by atoms with Crippen molar-refractivity contribution >= 4 is 5.91 Å². The molecule has 1 aliphatic heterocycles. The topological polar surface area (TPSA) is 60.0 Å². The number of nitrogens with zero attached hydrogens (tertiary/aromatic N) is 1. The van der Waals surface area contributed by atoms with E-state index in [-0.39, 0.29) is 24.1 Å². The van der Waals surface area contributed by atoms with E-state index in [1.807, 2.05) is 30.3 Å². The largest absolute Gasteiger partial charge is 0.492 e. The number of nitrogens with one attached hydrogen (secondary N) is 1. The lowest BCUT2D eigenvalue weighted by Gasteiger charge is -2.31. The molecule has 0 saturated carbocycles. The number of carbonyl (C=O) groups excluding carboxylic acids is 1. The molecule has 2 aromatic carbocycles. The molecule has 0 radical (unpaired) electrons. The number of ether oxygens (including phenoxy) is 3. The van der Waals surface area contributed by atoms with Gasteiger partial charge in [-0.3, -0.25) is 9.69 Å². The fourth-order valence-electron chi connectivity index (χ4n) is 3.70. The molecule has 31 heavy (non-hydrogen) atoms. The SMILES string of the molecule is COC1(COc2ccccc2F)CCCN(CC(=O)NCCOc2ccccc2)CC1. The van der Waals surface area contributed by atoms with E-state index in [2.05, 4.69) is 10.2 Å². The summed E-state index contributed by atoms with van der Waals surface area (Å²) in [5, 5.41) is 2.90. The van der Waals surface area contributed by atoms with Crippen LogP contribution in [0.5, 0.6) is 11.5 Å². The number of carbonyl (C=O) groups is 1. The maximum Gasteiger partial charge on any atom is 0.234 e. The second-order valence-corrected chi connectivity index (χ2v) is 7.75. The molecule has 7 heteroatoms. The Hall–Kier alpha value is -2.64. The highest BCUT2D eigenvalue weighted by atomic mass is 19.1. The molecule has 1 N–H and O–H groups in total. The van der Waals surface area contributed by atoms with E-state index < -0.39 is 5.60 Å². The number of amides is 1. The Labute approximate surface area is 183 Å². The monoisotopic (exact) mass is 430 g/mol. The van der Waals surface area contributed by atoms with E-state index in [0.29, 0.717) is 32.7 Å². The number of benzene rings is 2. The van der Waals surface area contributed by atoms with Gasteiger partial charge in [-0.1, -0.05) is 30.3 Å². The molecule has 1 atom stereocenters. The molecule has 0 aliphatic carbocycles. The van der Waals surface area contributed by atoms with Crippen LogP contribution in [0.15, 0.2) is 54.6 Å². The third kappa shape index (κ3) is 7.22. The van der Waals surface area contributed by atoms with Crippen LogP contribution in [0.4, 0.5) is 4.39 Å². The van der Waals surface area contributed by atoms with E-state index >= 15 is 0 Å². The van der Waals surface area contributed by atoms with Crippen molar-refractivity contribution in [3.8, 4) is 11.5 Å². The van der Waals surface area contributed by atoms with E-state index in [0.717, 1.165) is 25.1 Å². The molecule has 0 spiro atoms. The van der Waals surface area contributed by atoms with Crippen LogP contribution >= 0.6 is 0 Å². The molecule has 1 saturated heterocycles. The van der Waals surface area contributed by atoms with Gasteiger partial charge in [-0.25, -0.2) is 4.39 Å². The van der Waals surface area contributed by atoms with Crippen LogP contribution in [0.3, 0.4) is 0 Å². The molecule has 3 rings (SSSR count).